The maximum atomic E-state index is 13.1. The minimum Gasteiger partial charge on any atom is -0.278 e. The van der Waals surface area contributed by atoms with Crippen molar-refractivity contribution in [1.29, 1.82) is 0 Å². The maximum Gasteiger partial charge on any atom is 0.262 e. The van der Waals surface area contributed by atoms with Gasteiger partial charge in [-0.2, -0.15) is 0 Å². The largest absolute Gasteiger partial charge is 0.278 e. The summed E-state index contributed by atoms with van der Waals surface area (Å²) >= 11 is 0. The molecule has 1 saturated carbocycles. The van der Waals surface area contributed by atoms with E-state index in [-0.39, 0.29) is 35.9 Å². The van der Waals surface area contributed by atoms with Crippen LogP contribution in [0.5, 0.6) is 0 Å². The number of carbonyl (C=O) groups excluding carboxylic acids is 4. The van der Waals surface area contributed by atoms with Crippen molar-refractivity contribution in [1.82, 2.24) is 9.80 Å². The molecule has 1 atom stereocenters. The van der Waals surface area contributed by atoms with E-state index in [9.17, 15) is 19.2 Å². The van der Waals surface area contributed by atoms with Crippen molar-refractivity contribution >= 4 is 23.6 Å². The zero-order valence-corrected chi connectivity index (χ0v) is 15.4. The minimum atomic E-state index is -0.936. The van der Waals surface area contributed by atoms with Crippen LogP contribution < -0.4 is 0 Å². The van der Waals surface area contributed by atoms with Crippen molar-refractivity contribution in [3.63, 3.8) is 0 Å². The lowest BCUT2D eigenvalue weighted by molar-refractivity contribution is -0.162. The van der Waals surface area contributed by atoms with E-state index in [2.05, 4.69) is 13.2 Å². The van der Waals surface area contributed by atoms with Gasteiger partial charge in [0.1, 0.15) is 6.04 Å². The van der Waals surface area contributed by atoms with Gasteiger partial charge < -0.3 is 0 Å². The van der Waals surface area contributed by atoms with Gasteiger partial charge in [-0.25, -0.2) is 0 Å². The van der Waals surface area contributed by atoms with E-state index in [1.54, 1.807) is 6.08 Å². The van der Waals surface area contributed by atoms with Crippen LogP contribution in [0.15, 0.2) is 48.6 Å². The van der Waals surface area contributed by atoms with Crippen molar-refractivity contribution in [2.45, 2.75) is 57.0 Å². The molecular formula is C21H24N2O4. The number of carbonyl (C=O) groups is 4. The fourth-order valence-corrected chi connectivity index (χ4v) is 4.14. The van der Waals surface area contributed by atoms with Crippen LogP contribution in [0.2, 0.25) is 0 Å². The van der Waals surface area contributed by atoms with Gasteiger partial charge in [0.2, 0.25) is 5.91 Å². The Morgan fingerprint density at radius 3 is 2.15 bits per heavy atom. The van der Waals surface area contributed by atoms with Crippen molar-refractivity contribution in [3.05, 3.63) is 48.6 Å². The van der Waals surface area contributed by atoms with E-state index < -0.39 is 23.8 Å². The van der Waals surface area contributed by atoms with E-state index in [1.807, 2.05) is 0 Å². The second kappa shape index (κ2) is 7.86. The van der Waals surface area contributed by atoms with Gasteiger partial charge in [0.15, 0.2) is 0 Å². The third kappa shape index (κ3) is 3.31. The second-order valence-electron chi connectivity index (χ2n) is 7.05. The van der Waals surface area contributed by atoms with Gasteiger partial charge in [0.25, 0.3) is 17.7 Å². The van der Waals surface area contributed by atoms with Crippen molar-refractivity contribution < 1.29 is 19.2 Å². The van der Waals surface area contributed by atoms with Gasteiger partial charge in [-0.1, -0.05) is 50.6 Å². The predicted molar refractivity (Wildman–Crippen MR) is 100 cm³/mol. The molecule has 4 amide bonds. The molecule has 2 fully saturated rings. The van der Waals surface area contributed by atoms with Gasteiger partial charge in [-0.15, -0.1) is 0 Å². The average molecular weight is 368 g/mol. The number of likely N-dealkylation sites (tertiary alicyclic amines) is 1. The van der Waals surface area contributed by atoms with Crippen LogP contribution in [0, 0.1) is 0 Å². The number of piperidine rings is 1. The lowest BCUT2D eigenvalue weighted by atomic mass is 9.91. The van der Waals surface area contributed by atoms with Gasteiger partial charge in [-0.3, -0.25) is 29.0 Å². The van der Waals surface area contributed by atoms with E-state index in [0.717, 1.165) is 37.0 Å². The molecule has 0 bridgehead atoms. The molecule has 3 aliphatic rings. The highest BCUT2D eigenvalue weighted by Gasteiger charge is 2.48. The molecule has 142 valence electrons. The van der Waals surface area contributed by atoms with Crippen LogP contribution in [-0.4, -0.2) is 45.5 Å². The molecule has 1 aliphatic carbocycles. The van der Waals surface area contributed by atoms with E-state index in [1.165, 1.54) is 23.1 Å². The third-order valence-corrected chi connectivity index (χ3v) is 5.47. The highest BCUT2D eigenvalue weighted by Crippen LogP contribution is 2.32. The molecule has 0 N–H and O–H groups in total. The number of imide groups is 2. The average Bonchev–Trinajstić information content (AvgIpc) is 2.90. The standard InChI is InChI=1S/C21H24N2O4/c1-3-5-11-16-15(4-2)19(25)23(20(16)26)17-12-13-18(24)22(21(17)27)14-9-7-6-8-10-14/h3-5,11,14,17H,1-2,6-10,12-13H2/b11-5-. The fourth-order valence-electron chi connectivity index (χ4n) is 4.14. The first kappa shape index (κ1) is 19.0. The summed E-state index contributed by atoms with van der Waals surface area (Å²) in [4.78, 5) is 53.5. The molecule has 2 aliphatic heterocycles. The summed E-state index contributed by atoms with van der Waals surface area (Å²) in [5.41, 5.74) is 0.371. The summed E-state index contributed by atoms with van der Waals surface area (Å²) in [5, 5.41) is 0. The monoisotopic (exact) mass is 368 g/mol. The highest BCUT2D eigenvalue weighted by atomic mass is 16.2. The van der Waals surface area contributed by atoms with Crippen molar-refractivity contribution in [2.24, 2.45) is 0 Å². The van der Waals surface area contributed by atoms with Gasteiger partial charge in [-0.05, 0) is 25.3 Å². The summed E-state index contributed by atoms with van der Waals surface area (Å²) in [6.07, 6.45) is 10.9. The minimum absolute atomic E-state index is 0.124. The number of amides is 4. The second-order valence-corrected chi connectivity index (χ2v) is 7.05. The quantitative estimate of drug-likeness (QED) is 0.552. The van der Waals surface area contributed by atoms with Crippen LogP contribution in [-0.2, 0) is 19.2 Å². The molecule has 0 aromatic carbocycles. The zero-order valence-electron chi connectivity index (χ0n) is 15.4. The SMILES string of the molecule is C=C/C=C\C1=C(C=C)C(=O)N(C2CCC(=O)N(C3CCCCC3)C2=O)C1=O. The summed E-state index contributed by atoms with van der Waals surface area (Å²) < 4.78 is 0. The van der Waals surface area contributed by atoms with E-state index in [0.29, 0.717) is 0 Å². The Kier molecular flexibility index (Phi) is 5.54. The predicted octanol–water partition coefficient (Wildman–Crippen LogP) is 2.43. The van der Waals surface area contributed by atoms with Gasteiger partial charge in [0, 0.05) is 12.5 Å². The lowest BCUT2D eigenvalue weighted by Crippen LogP contribution is -2.59. The van der Waals surface area contributed by atoms with E-state index >= 15 is 0 Å². The van der Waals surface area contributed by atoms with Crippen LogP contribution in [0.3, 0.4) is 0 Å². The molecule has 0 aromatic heterocycles. The molecule has 0 aromatic rings. The van der Waals surface area contributed by atoms with Crippen LogP contribution in [0.25, 0.3) is 0 Å². The maximum absolute atomic E-state index is 13.1. The first-order chi connectivity index (χ1) is 13.0. The summed E-state index contributed by atoms with van der Waals surface area (Å²) in [6, 6.07) is -1.06. The first-order valence-electron chi connectivity index (χ1n) is 9.40. The summed E-state index contributed by atoms with van der Waals surface area (Å²) in [7, 11) is 0. The first-order valence-corrected chi connectivity index (χ1v) is 9.40. The van der Waals surface area contributed by atoms with Crippen molar-refractivity contribution in [2.75, 3.05) is 0 Å². The summed E-state index contributed by atoms with van der Waals surface area (Å²) in [6.45, 7) is 7.18. The van der Waals surface area contributed by atoms with Crippen LogP contribution in [0.1, 0.15) is 44.9 Å². The van der Waals surface area contributed by atoms with Crippen LogP contribution in [0.4, 0.5) is 0 Å². The molecule has 3 rings (SSSR count). The normalized spacial score (nSPS) is 25.1. The lowest BCUT2D eigenvalue weighted by Gasteiger charge is -2.40. The Hall–Kier alpha value is -2.76. The molecule has 1 saturated heterocycles. The number of rotatable bonds is 5. The Balaban J connectivity index is 1.88. The Labute approximate surface area is 158 Å². The molecule has 6 heteroatoms. The van der Waals surface area contributed by atoms with Crippen LogP contribution >= 0.6 is 0 Å². The number of hydrogen-bond acceptors (Lipinski definition) is 4. The molecule has 6 nitrogen and oxygen atoms in total. The smallest absolute Gasteiger partial charge is 0.262 e. The highest BCUT2D eigenvalue weighted by molar-refractivity contribution is 6.24. The topological polar surface area (TPSA) is 74.8 Å². The molecule has 27 heavy (non-hydrogen) atoms. The zero-order chi connectivity index (χ0) is 19.6. The Morgan fingerprint density at radius 2 is 1.52 bits per heavy atom. The van der Waals surface area contributed by atoms with Crippen molar-refractivity contribution in [3.8, 4) is 0 Å². The molecule has 0 radical (unpaired) electrons. The van der Waals surface area contributed by atoms with E-state index in [4.69, 9.17) is 0 Å². The Morgan fingerprint density at radius 1 is 0.852 bits per heavy atom. The molecular weight excluding hydrogens is 344 g/mol. The van der Waals surface area contributed by atoms with Gasteiger partial charge >= 0.3 is 0 Å². The molecule has 1 unspecified atom stereocenters. The number of hydrogen-bond donors (Lipinski definition) is 0. The Bertz CT molecular complexity index is 771. The summed E-state index contributed by atoms with van der Waals surface area (Å²) in [5.74, 6) is -1.69. The molecule has 0 spiro atoms. The van der Waals surface area contributed by atoms with Gasteiger partial charge in [0.05, 0.1) is 11.1 Å². The third-order valence-electron chi connectivity index (χ3n) is 5.47. The number of allylic oxidation sites excluding steroid dienone is 2. The molecule has 2 heterocycles. The number of nitrogens with zero attached hydrogens (tertiary/aromatic N) is 2. The fraction of sp³-hybridized carbons (Fsp3) is 0.429.